The molecule has 0 aliphatic heterocycles. The second-order valence-electron chi connectivity index (χ2n) is 4.00. The summed E-state index contributed by atoms with van der Waals surface area (Å²) in [6.07, 6.45) is 0. The Labute approximate surface area is 119 Å². The van der Waals surface area contributed by atoms with Crippen molar-refractivity contribution in [2.45, 2.75) is 11.8 Å². The molecule has 0 aliphatic carbocycles. The molecule has 0 radical (unpaired) electrons. The summed E-state index contributed by atoms with van der Waals surface area (Å²) >= 11 is 3.32. The van der Waals surface area contributed by atoms with Gasteiger partial charge in [-0.3, -0.25) is 4.72 Å². The van der Waals surface area contributed by atoms with Crippen molar-refractivity contribution in [2.24, 2.45) is 0 Å². The first-order valence-corrected chi connectivity index (χ1v) is 7.71. The number of anilines is 1. The second-order valence-corrected chi connectivity index (χ2v) is 6.51. The molecule has 3 nitrogen and oxygen atoms in total. The quantitative estimate of drug-likeness (QED) is 0.923. The minimum atomic E-state index is -3.92. The molecule has 0 bridgehead atoms. The van der Waals surface area contributed by atoms with Crippen molar-refractivity contribution in [3.8, 4) is 0 Å². The zero-order chi connectivity index (χ0) is 14.0. The van der Waals surface area contributed by atoms with Crippen molar-refractivity contribution in [3.63, 3.8) is 0 Å². The monoisotopic (exact) mass is 343 g/mol. The number of halogens is 2. The van der Waals surface area contributed by atoms with Crippen LogP contribution in [0.5, 0.6) is 0 Å². The molecule has 1 N–H and O–H groups in total. The predicted octanol–water partition coefficient (Wildman–Crippen LogP) is 3.70. The van der Waals surface area contributed by atoms with Crippen molar-refractivity contribution >= 4 is 31.6 Å². The van der Waals surface area contributed by atoms with Gasteiger partial charge < -0.3 is 0 Å². The van der Waals surface area contributed by atoms with Crippen LogP contribution in [0.15, 0.2) is 51.8 Å². The molecule has 0 saturated carbocycles. The molecule has 0 unspecified atom stereocenters. The van der Waals surface area contributed by atoms with E-state index < -0.39 is 15.8 Å². The Morgan fingerprint density at radius 3 is 2.47 bits per heavy atom. The number of hydrogen-bond donors (Lipinski definition) is 1. The van der Waals surface area contributed by atoms with Crippen molar-refractivity contribution in [3.05, 3.63) is 58.3 Å². The highest BCUT2D eigenvalue weighted by molar-refractivity contribution is 9.10. The molecule has 2 rings (SSSR count). The highest BCUT2D eigenvalue weighted by Gasteiger charge is 2.18. The van der Waals surface area contributed by atoms with E-state index >= 15 is 0 Å². The van der Waals surface area contributed by atoms with Gasteiger partial charge in [0.1, 0.15) is 10.7 Å². The highest BCUT2D eigenvalue weighted by atomic mass is 79.9. The Kier molecular flexibility index (Phi) is 3.91. The largest absolute Gasteiger partial charge is 0.280 e. The molecule has 2 aromatic rings. The van der Waals surface area contributed by atoms with E-state index in [0.717, 1.165) is 16.1 Å². The maximum atomic E-state index is 13.5. The molecule has 0 atom stereocenters. The van der Waals surface area contributed by atoms with Crippen LogP contribution in [0.4, 0.5) is 10.1 Å². The summed E-state index contributed by atoms with van der Waals surface area (Å²) in [6.45, 7) is 1.89. The number of rotatable bonds is 3. The third-order valence-electron chi connectivity index (χ3n) is 2.55. The summed E-state index contributed by atoms with van der Waals surface area (Å²) in [5, 5.41) is 0. The third-order valence-corrected chi connectivity index (χ3v) is 4.82. The fourth-order valence-electron chi connectivity index (χ4n) is 1.53. The van der Waals surface area contributed by atoms with Crippen LogP contribution in [-0.2, 0) is 10.0 Å². The molecule has 2 aromatic carbocycles. The fourth-order valence-corrected chi connectivity index (χ4v) is 3.04. The van der Waals surface area contributed by atoms with Gasteiger partial charge in [0.2, 0.25) is 0 Å². The molecule has 6 heteroatoms. The Balaban J connectivity index is 2.37. The number of aryl methyl sites for hydroxylation is 1. The number of benzene rings is 2. The Bertz CT molecular complexity index is 716. The zero-order valence-corrected chi connectivity index (χ0v) is 12.4. The molecule has 0 aliphatic rings. The molecule has 0 fully saturated rings. The van der Waals surface area contributed by atoms with Crippen LogP contribution in [0.2, 0.25) is 0 Å². The molecular formula is C13H11BrFNO2S. The fraction of sp³-hybridized carbons (Fsp3) is 0.0769. The lowest BCUT2D eigenvalue weighted by Crippen LogP contribution is -2.14. The first-order valence-electron chi connectivity index (χ1n) is 5.43. The van der Waals surface area contributed by atoms with E-state index in [1.807, 2.05) is 6.92 Å². The standard InChI is InChI=1S/C13H11BrFNO2S/c1-9-6-7-10(8-11(9)14)16-19(17,18)13-5-3-2-4-12(13)15/h2-8,16H,1H3. The minimum Gasteiger partial charge on any atom is -0.280 e. The Hall–Kier alpha value is -1.40. The average Bonchev–Trinajstić information content (AvgIpc) is 2.34. The van der Waals surface area contributed by atoms with E-state index in [2.05, 4.69) is 20.7 Å². The van der Waals surface area contributed by atoms with E-state index in [0.29, 0.717) is 5.69 Å². The molecule has 0 amide bonds. The van der Waals surface area contributed by atoms with E-state index in [9.17, 15) is 12.8 Å². The van der Waals surface area contributed by atoms with Gasteiger partial charge in [0, 0.05) is 10.2 Å². The van der Waals surface area contributed by atoms with Crippen LogP contribution in [0.3, 0.4) is 0 Å². The lowest BCUT2D eigenvalue weighted by atomic mass is 10.2. The lowest BCUT2D eigenvalue weighted by Gasteiger charge is -2.09. The molecule has 0 heterocycles. The van der Waals surface area contributed by atoms with E-state index in [-0.39, 0.29) is 4.90 Å². The summed E-state index contributed by atoms with van der Waals surface area (Å²) in [7, 11) is -3.92. The van der Waals surface area contributed by atoms with Crippen LogP contribution >= 0.6 is 15.9 Å². The van der Waals surface area contributed by atoms with Gasteiger partial charge in [-0.25, -0.2) is 12.8 Å². The van der Waals surface area contributed by atoms with Crippen molar-refractivity contribution in [2.75, 3.05) is 4.72 Å². The first kappa shape index (κ1) is 14.0. The summed E-state index contributed by atoms with van der Waals surface area (Å²) in [5.41, 5.74) is 1.36. The van der Waals surface area contributed by atoms with Crippen molar-refractivity contribution in [1.82, 2.24) is 0 Å². The van der Waals surface area contributed by atoms with Gasteiger partial charge in [0.05, 0.1) is 0 Å². The Morgan fingerprint density at radius 2 is 1.84 bits per heavy atom. The number of hydrogen-bond acceptors (Lipinski definition) is 2. The predicted molar refractivity (Wildman–Crippen MR) is 76.1 cm³/mol. The van der Waals surface area contributed by atoms with Gasteiger partial charge >= 0.3 is 0 Å². The molecule has 0 aromatic heterocycles. The summed E-state index contributed by atoms with van der Waals surface area (Å²) in [5.74, 6) is -0.777. The summed E-state index contributed by atoms with van der Waals surface area (Å²) in [4.78, 5) is -0.369. The summed E-state index contributed by atoms with van der Waals surface area (Å²) in [6, 6.07) is 10.3. The highest BCUT2D eigenvalue weighted by Crippen LogP contribution is 2.23. The third kappa shape index (κ3) is 3.13. The van der Waals surface area contributed by atoms with Crippen LogP contribution in [-0.4, -0.2) is 8.42 Å². The molecule has 0 spiro atoms. The first-order chi connectivity index (χ1) is 8.90. The SMILES string of the molecule is Cc1ccc(NS(=O)(=O)c2ccccc2F)cc1Br. The summed E-state index contributed by atoms with van der Waals surface area (Å²) < 4.78 is 40.7. The van der Waals surface area contributed by atoms with Gasteiger partial charge in [-0.05, 0) is 36.8 Å². The van der Waals surface area contributed by atoms with Crippen LogP contribution < -0.4 is 4.72 Å². The van der Waals surface area contributed by atoms with Crippen LogP contribution in [0.1, 0.15) is 5.56 Å². The molecule has 0 saturated heterocycles. The van der Waals surface area contributed by atoms with E-state index in [4.69, 9.17) is 0 Å². The van der Waals surface area contributed by atoms with E-state index in [1.54, 1.807) is 18.2 Å². The molecule has 19 heavy (non-hydrogen) atoms. The Morgan fingerprint density at radius 1 is 1.16 bits per heavy atom. The van der Waals surface area contributed by atoms with Crippen LogP contribution in [0.25, 0.3) is 0 Å². The number of sulfonamides is 1. The van der Waals surface area contributed by atoms with Gasteiger partial charge in [-0.15, -0.1) is 0 Å². The lowest BCUT2D eigenvalue weighted by molar-refractivity contribution is 0.570. The van der Waals surface area contributed by atoms with Gasteiger partial charge in [0.15, 0.2) is 0 Å². The van der Waals surface area contributed by atoms with Crippen LogP contribution in [0, 0.1) is 12.7 Å². The van der Waals surface area contributed by atoms with Gasteiger partial charge in [0.25, 0.3) is 10.0 Å². The molecule has 100 valence electrons. The van der Waals surface area contributed by atoms with Gasteiger partial charge in [-0.1, -0.05) is 34.1 Å². The smallest absolute Gasteiger partial charge is 0.264 e. The van der Waals surface area contributed by atoms with Crippen molar-refractivity contribution in [1.29, 1.82) is 0 Å². The maximum absolute atomic E-state index is 13.5. The van der Waals surface area contributed by atoms with Gasteiger partial charge in [-0.2, -0.15) is 0 Å². The minimum absolute atomic E-state index is 0.369. The zero-order valence-electron chi connectivity index (χ0n) is 10.0. The van der Waals surface area contributed by atoms with E-state index in [1.165, 1.54) is 18.2 Å². The average molecular weight is 344 g/mol. The topological polar surface area (TPSA) is 46.2 Å². The van der Waals surface area contributed by atoms with Crippen molar-refractivity contribution < 1.29 is 12.8 Å². The maximum Gasteiger partial charge on any atom is 0.264 e. The normalized spacial score (nSPS) is 11.3. The second kappa shape index (κ2) is 5.30. The molecular weight excluding hydrogens is 333 g/mol. The number of nitrogens with one attached hydrogen (secondary N) is 1.